The topological polar surface area (TPSA) is 34.1 Å². The van der Waals surface area contributed by atoms with Crippen molar-refractivity contribution in [3.8, 4) is 138 Å². The molecule has 0 saturated heterocycles. The second kappa shape index (κ2) is 33.7. The van der Waals surface area contributed by atoms with Crippen LogP contribution in [0.2, 0.25) is 0 Å². The summed E-state index contributed by atoms with van der Waals surface area (Å²) in [6.07, 6.45) is -28.3. The third-order valence-electron chi connectivity index (χ3n) is 8.46. The predicted octanol–water partition coefficient (Wildman–Crippen LogP) is 15.4. The Bertz CT molecular complexity index is 3470. The van der Waals surface area contributed by atoms with Crippen molar-refractivity contribution in [1.82, 2.24) is 0 Å². The first kappa shape index (κ1) is 78.1. The normalized spacial score (nSPS) is 11.1. The predicted molar refractivity (Wildman–Crippen MR) is 275 cm³/mol. The van der Waals surface area contributed by atoms with Gasteiger partial charge in [0, 0.05) is 34.0 Å². The van der Waals surface area contributed by atoms with E-state index in [9.17, 15) is 124 Å². The van der Waals surface area contributed by atoms with Crippen LogP contribution in [0.1, 0.15) is 37.5 Å². The van der Waals surface area contributed by atoms with E-state index in [2.05, 4.69) is 113 Å². The van der Waals surface area contributed by atoms with E-state index in [0.717, 1.165) is 14.7 Å². The van der Waals surface area contributed by atoms with E-state index in [4.69, 9.17) is 25.7 Å². The van der Waals surface area contributed by atoms with Gasteiger partial charge in [-0.3, -0.25) is 9.59 Å². The summed E-state index contributed by atoms with van der Waals surface area (Å²) in [5.74, 6) is 37.4. The van der Waals surface area contributed by atoms with Crippen LogP contribution in [0.3, 0.4) is 0 Å². The van der Waals surface area contributed by atoms with Gasteiger partial charge in [0.25, 0.3) is 0 Å². The average molecular weight is 1350 g/mol. The summed E-state index contributed by atoms with van der Waals surface area (Å²) in [6.45, 7) is 0. The van der Waals surface area contributed by atoms with E-state index < -0.39 is 75.3 Å². The first-order chi connectivity index (χ1) is 40.3. The molecule has 2 nitrogen and oxygen atoms in total. The summed E-state index contributed by atoms with van der Waals surface area (Å²) < 4.78 is 289. The quantitative estimate of drug-likeness (QED) is 0.0781. The minimum Gasteiger partial charge on any atom is -0.289 e. The molecule has 1 aliphatic carbocycles. The third-order valence-corrected chi connectivity index (χ3v) is 15.5. The van der Waals surface area contributed by atoms with Crippen molar-refractivity contribution in [1.29, 1.82) is 0 Å². The zero-order valence-electron chi connectivity index (χ0n) is 42.1. The van der Waals surface area contributed by atoms with Crippen LogP contribution in [0.15, 0.2) is 106 Å². The van der Waals surface area contributed by atoms with E-state index in [-0.39, 0.29) is 28.9 Å². The number of rotatable bonds is 3. The van der Waals surface area contributed by atoms with E-state index in [1.54, 1.807) is 60.7 Å². The smallest absolute Gasteiger partial charge is 0.289 e. The number of ketones is 2. The molecular formula is C58H27F26GaO2S. The summed E-state index contributed by atoms with van der Waals surface area (Å²) in [7, 11) is -0.710. The molecular weight excluding hydrogens is 1320 g/mol. The average Bonchev–Trinajstić information content (AvgIpc) is 0.769. The van der Waals surface area contributed by atoms with Crippen LogP contribution in [0.5, 0.6) is 0 Å². The molecule has 462 valence electrons. The Labute approximate surface area is 492 Å². The molecule has 4 aromatic rings. The molecule has 0 unspecified atom stereocenters. The van der Waals surface area contributed by atoms with Gasteiger partial charge in [-0.2, -0.15) is 105 Å². The molecule has 0 saturated carbocycles. The molecule has 0 fully saturated rings. The second-order valence-electron chi connectivity index (χ2n) is 14.6. The maximum Gasteiger partial charge on any atom is 0.487 e. The summed E-state index contributed by atoms with van der Waals surface area (Å²) in [6, 6.07) is 24.3. The number of hydrogen-bond donors (Lipinski definition) is 0. The fourth-order valence-electron chi connectivity index (χ4n) is 4.82. The molecule has 0 spiro atoms. The van der Waals surface area contributed by atoms with Crippen molar-refractivity contribution in [2.45, 2.75) is 64.1 Å². The second-order valence-corrected chi connectivity index (χ2v) is 22.7. The molecule has 1 aliphatic rings. The SMILES string of the molecule is C#CC#CC#[C][Ga-]([C]#CC#CC#C)([C]#CC#CC#C)[C]#CC#CC#C.FC(F)(F)C(F)(F)F.FC(F)(F)C(F)(F)F.FC(F)(F)C(F)(F)F.FC(F)(F)C(F)(F)F.O=C1c2ccccc2C(=O)c2cc([S+](c3ccc(F)cc3)c3ccc(F)cc3)ccc21.[HH].[HH].[HH].[HH]. The molecule has 0 N–H and O–H groups in total. The molecule has 0 radical (unpaired) electrons. The van der Waals surface area contributed by atoms with Gasteiger partial charge in [0.05, 0.1) is 10.9 Å². The van der Waals surface area contributed by atoms with Crippen LogP contribution in [-0.2, 0) is 10.9 Å². The molecule has 0 aromatic heterocycles. The summed E-state index contributed by atoms with van der Waals surface area (Å²) in [4.78, 5) is 28.5. The Kier molecular flexibility index (Phi) is 29.9. The minimum atomic E-state index is -6.06. The maximum absolute atomic E-state index is 13.5. The van der Waals surface area contributed by atoms with Crippen LogP contribution < -0.4 is 0 Å². The van der Waals surface area contributed by atoms with Gasteiger partial charge in [0.15, 0.2) is 26.3 Å². The van der Waals surface area contributed by atoms with Gasteiger partial charge >= 0.3 is 203 Å². The molecule has 0 heterocycles. The Morgan fingerprint density at radius 1 is 0.307 bits per heavy atom. The third kappa shape index (κ3) is 27.0. The van der Waals surface area contributed by atoms with E-state index in [1.807, 2.05) is 6.07 Å². The van der Waals surface area contributed by atoms with Crippen LogP contribution in [0.4, 0.5) is 114 Å². The molecule has 30 heteroatoms. The van der Waals surface area contributed by atoms with Crippen LogP contribution >= 0.6 is 0 Å². The van der Waals surface area contributed by atoms with Crippen molar-refractivity contribution in [3.63, 3.8) is 0 Å². The van der Waals surface area contributed by atoms with Gasteiger partial charge in [0.2, 0.25) is 0 Å². The fourth-order valence-corrected chi connectivity index (χ4v) is 10.2. The van der Waals surface area contributed by atoms with Crippen molar-refractivity contribution in [3.05, 3.63) is 125 Å². The van der Waals surface area contributed by atoms with Crippen molar-refractivity contribution < 1.29 is 129 Å². The van der Waals surface area contributed by atoms with Crippen LogP contribution in [0, 0.1) is 150 Å². The number of halogens is 26. The number of fused-ring (bicyclic) bond motifs is 2. The number of hydrogen-bond acceptors (Lipinski definition) is 2. The zero-order chi connectivity index (χ0) is 68.2. The van der Waals surface area contributed by atoms with Crippen LogP contribution in [-0.4, -0.2) is 76.0 Å². The van der Waals surface area contributed by atoms with Crippen molar-refractivity contribution in [2.24, 2.45) is 0 Å². The number of alkyl halides is 24. The number of carbonyl (C=O) groups excluding carboxylic acids is 2. The Morgan fingerprint density at radius 2 is 0.534 bits per heavy atom. The van der Waals surface area contributed by atoms with Crippen molar-refractivity contribution in [2.75, 3.05) is 0 Å². The van der Waals surface area contributed by atoms with Gasteiger partial charge in [-0.1, -0.05) is 24.3 Å². The van der Waals surface area contributed by atoms with Gasteiger partial charge in [-0.15, -0.1) is 0 Å². The number of benzene rings is 4. The Morgan fingerprint density at radius 3 is 0.773 bits per heavy atom. The van der Waals surface area contributed by atoms with Gasteiger partial charge in [-0.25, -0.2) is 8.78 Å². The number of carbonyl (C=O) groups is 2. The molecule has 88 heavy (non-hydrogen) atoms. The fraction of sp³-hybridized carbons (Fsp3) is 0.138. The summed E-state index contributed by atoms with van der Waals surface area (Å²) in [5.41, 5.74) is 1.52. The van der Waals surface area contributed by atoms with E-state index in [1.165, 1.54) is 24.3 Å². The van der Waals surface area contributed by atoms with E-state index in [0.29, 0.717) is 22.3 Å². The Hall–Kier alpha value is -9.89. The monoisotopic (exact) mass is 1350 g/mol. The standard InChI is InChI=1S/C26H15F2O2S.4C6H.4C2F6.Ga.4H2/c27-16-5-9-18(10-6-16)31(19-11-7-17(28)8-12-19)20-13-14-23-24(15-20)26(30)22-4-2-1-3-21(22)25(23)29;4*1-3-5-6-4-2;4*3-1(4,5)2(6,7)8;;;;;/h1-15H;4*1H;;;;;;4*1H/q+1;;;;;;;;;-1;;;;. The maximum atomic E-state index is 13.5. The molecule has 0 aliphatic heterocycles. The Balaban J connectivity index is -0.000000367. The minimum absolute atomic E-state index is 0. The molecule has 0 amide bonds. The largest absolute Gasteiger partial charge is 0.487 e. The first-order valence-electron chi connectivity index (χ1n) is 21.5. The van der Waals surface area contributed by atoms with Crippen molar-refractivity contribution >= 4 is 37.5 Å². The molecule has 0 bridgehead atoms. The molecule has 0 atom stereocenters. The number of terminal acetylenes is 4. The molecule has 4 aromatic carbocycles. The zero-order valence-corrected chi connectivity index (χ0v) is 45.3. The first-order valence-corrected chi connectivity index (χ1v) is 27.5. The van der Waals surface area contributed by atoms with Gasteiger partial charge < -0.3 is 0 Å². The van der Waals surface area contributed by atoms with E-state index >= 15 is 0 Å². The van der Waals surface area contributed by atoms with Crippen LogP contribution in [0.25, 0.3) is 0 Å². The summed E-state index contributed by atoms with van der Waals surface area (Å²) >= 11 is -3.91. The van der Waals surface area contributed by atoms with Gasteiger partial charge in [-0.05, 0) is 60.7 Å². The van der Waals surface area contributed by atoms with Gasteiger partial charge in [0.1, 0.15) is 11.6 Å². The summed E-state index contributed by atoms with van der Waals surface area (Å²) in [5, 5.41) is 0. The molecule has 5 rings (SSSR count).